The van der Waals surface area contributed by atoms with Crippen LogP contribution in [0.5, 0.6) is 0 Å². The second-order valence-electron chi connectivity index (χ2n) is 9.00. The summed E-state index contributed by atoms with van der Waals surface area (Å²) in [4.78, 5) is 37.1. The van der Waals surface area contributed by atoms with Crippen molar-refractivity contribution >= 4 is 11.8 Å². The van der Waals surface area contributed by atoms with E-state index < -0.39 is 6.09 Å². The van der Waals surface area contributed by atoms with Gasteiger partial charge in [-0.3, -0.25) is 15.1 Å². The van der Waals surface area contributed by atoms with Crippen molar-refractivity contribution in [3.05, 3.63) is 88.6 Å². The molecule has 5 heterocycles. The molecule has 0 saturated heterocycles. The zero-order chi connectivity index (χ0) is 26.2. The van der Waals surface area contributed by atoms with E-state index in [9.17, 15) is 9.59 Å². The number of fused-ring (bicyclic) bond motifs is 1. The normalized spacial score (nSPS) is 14.3. The fraction of sp³-hybridized carbons (Fsp3) is 0.192. The highest BCUT2D eigenvalue weighted by molar-refractivity contribution is 5.84. The Morgan fingerprint density at radius 2 is 2.03 bits per heavy atom. The molecular weight excluding hydrogens is 486 g/mol. The smallest absolute Gasteiger partial charge is 0.411 e. The van der Waals surface area contributed by atoms with Crippen LogP contribution in [0.15, 0.2) is 66.0 Å². The van der Waals surface area contributed by atoms with Gasteiger partial charge in [0.05, 0.1) is 48.3 Å². The zero-order valence-corrected chi connectivity index (χ0v) is 20.6. The Labute approximate surface area is 216 Å². The molecule has 6 rings (SSSR count). The molecule has 4 aromatic heterocycles. The third kappa shape index (κ3) is 4.21. The van der Waals surface area contributed by atoms with Crippen LogP contribution in [0.2, 0.25) is 0 Å². The molecule has 0 spiro atoms. The Kier molecular flexibility index (Phi) is 5.75. The third-order valence-electron chi connectivity index (χ3n) is 6.57. The van der Waals surface area contributed by atoms with E-state index in [0.29, 0.717) is 22.9 Å². The van der Waals surface area contributed by atoms with Gasteiger partial charge in [-0.1, -0.05) is 11.6 Å². The number of rotatable bonds is 5. The lowest BCUT2D eigenvalue weighted by atomic mass is 10.0. The Morgan fingerprint density at radius 3 is 2.79 bits per heavy atom. The maximum atomic E-state index is 13.4. The highest BCUT2D eigenvalue weighted by atomic mass is 16.5. The number of aromatic amines is 1. The number of hydrogen-bond acceptors (Lipinski definition) is 8. The molecule has 1 aromatic carbocycles. The van der Waals surface area contributed by atoms with Gasteiger partial charge in [-0.25, -0.2) is 9.78 Å². The number of ether oxygens (including phenoxy) is 1. The molecule has 0 radical (unpaired) electrons. The van der Waals surface area contributed by atoms with Gasteiger partial charge in [0, 0.05) is 17.3 Å². The van der Waals surface area contributed by atoms with Crippen molar-refractivity contribution < 1.29 is 9.53 Å². The van der Waals surface area contributed by atoms with Crippen molar-refractivity contribution in [2.75, 3.05) is 12.4 Å². The molecule has 1 atom stereocenters. The predicted octanol–water partition coefficient (Wildman–Crippen LogP) is 3.30. The second-order valence-corrected chi connectivity index (χ2v) is 9.00. The maximum Gasteiger partial charge on any atom is 0.411 e. The van der Waals surface area contributed by atoms with E-state index in [0.717, 1.165) is 40.9 Å². The number of hydrogen-bond donors (Lipinski definition) is 2. The number of anilines is 1. The number of carbonyl (C=O) groups excluding carboxylic acids is 1. The number of carbonyl (C=O) groups is 1. The third-order valence-corrected chi connectivity index (χ3v) is 6.57. The fourth-order valence-electron chi connectivity index (χ4n) is 4.79. The molecule has 0 unspecified atom stereocenters. The summed E-state index contributed by atoms with van der Waals surface area (Å²) in [6.45, 7) is 2.01. The largest absolute Gasteiger partial charge is 0.453 e. The first-order chi connectivity index (χ1) is 18.5. The van der Waals surface area contributed by atoms with Gasteiger partial charge in [0.15, 0.2) is 0 Å². The molecule has 38 heavy (non-hydrogen) atoms. The lowest BCUT2D eigenvalue weighted by Crippen LogP contribution is -2.23. The van der Waals surface area contributed by atoms with Crippen LogP contribution in [-0.2, 0) is 11.2 Å². The predicted molar refractivity (Wildman–Crippen MR) is 138 cm³/mol. The minimum atomic E-state index is -0.564. The van der Waals surface area contributed by atoms with Crippen LogP contribution < -0.4 is 10.9 Å². The minimum Gasteiger partial charge on any atom is -0.453 e. The van der Waals surface area contributed by atoms with Gasteiger partial charge in [0.2, 0.25) is 0 Å². The van der Waals surface area contributed by atoms with Crippen LogP contribution in [0.25, 0.3) is 28.2 Å². The van der Waals surface area contributed by atoms with Gasteiger partial charge in [-0.15, -0.1) is 5.10 Å². The summed E-state index contributed by atoms with van der Waals surface area (Å²) in [5.41, 5.74) is 6.32. The highest BCUT2D eigenvalue weighted by Crippen LogP contribution is 2.33. The Morgan fingerprint density at radius 1 is 1.13 bits per heavy atom. The summed E-state index contributed by atoms with van der Waals surface area (Å²) >= 11 is 0. The van der Waals surface area contributed by atoms with E-state index in [1.54, 1.807) is 39.8 Å². The summed E-state index contributed by atoms with van der Waals surface area (Å²) in [6, 6.07) is 13.0. The number of imidazole rings is 1. The van der Waals surface area contributed by atoms with Crippen LogP contribution in [0, 0.1) is 6.92 Å². The standard InChI is InChI=1S/C26H23N9O3/c1-15-3-7-22(34-14-29-32-33-34)19(9-15)16-10-18-5-8-23(35(18)24(36)11-16)25-28-13-21(31-25)20-6-4-17(12-27-20)30-26(37)38-2/h3-4,6-7,9-14,23H,5,8H2,1-2H3,(H,28,31)(H,30,37)/t23-/m0/s1. The topological polar surface area (TPSA) is 146 Å². The van der Waals surface area contributed by atoms with Crippen molar-refractivity contribution in [2.24, 2.45) is 0 Å². The summed E-state index contributed by atoms with van der Waals surface area (Å²) in [6.07, 6.45) is 5.70. The van der Waals surface area contributed by atoms with Gasteiger partial charge < -0.3 is 14.3 Å². The van der Waals surface area contributed by atoms with Gasteiger partial charge in [-0.2, -0.15) is 4.68 Å². The molecule has 1 aliphatic heterocycles. The number of nitrogens with one attached hydrogen (secondary N) is 2. The van der Waals surface area contributed by atoms with Gasteiger partial charge in [-0.05, 0) is 66.1 Å². The van der Waals surface area contributed by atoms with Crippen LogP contribution in [0.1, 0.15) is 29.5 Å². The van der Waals surface area contributed by atoms with Crippen molar-refractivity contribution in [2.45, 2.75) is 25.8 Å². The van der Waals surface area contributed by atoms with E-state index >= 15 is 0 Å². The zero-order valence-electron chi connectivity index (χ0n) is 20.6. The van der Waals surface area contributed by atoms with E-state index in [-0.39, 0.29) is 11.6 Å². The average Bonchev–Trinajstić information content (AvgIpc) is 3.70. The van der Waals surface area contributed by atoms with Crippen molar-refractivity contribution in [3.8, 4) is 28.2 Å². The molecule has 12 heteroatoms. The Balaban J connectivity index is 1.30. The quantitative estimate of drug-likeness (QED) is 0.367. The molecule has 5 aromatic rings. The summed E-state index contributed by atoms with van der Waals surface area (Å²) in [5.74, 6) is 0.692. The molecule has 0 saturated carbocycles. The molecule has 190 valence electrons. The number of methoxy groups -OCH3 is 1. The number of amides is 1. The van der Waals surface area contributed by atoms with Gasteiger partial charge >= 0.3 is 6.09 Å². The summed E-state index contributed by atoms with van der Waals surface area (Å²) in [7, 11) is 1.30. The average molecular weight is 510 g/mol. The molecule has 12 nitrogen and oxygen atoms in total. The van der Waals surface area contributed by atoms with Crippen LogP contribution >= 0.6 is 0 Å². The van der Waals surface area contributed by atoms with E-state index in [1.807, 2.05) is 25.1 Å². The van der Waals surface area contributed by atoms with E-state index in [4.69, 9.17) is 0 Å². The van der Waals surface area contributed by atoms with E-state index in [2.05, 4.69) is 46.6 Å². The number of tetrazole rings is 1. The van der Waals surface area contributed by atoms with Crippen molar-refractivity contribution in [1.29, 1.82) is 0 Å². The maximum absolute atomic E-state index is 13.4. The van der Waals surface area contributed by atoms with E-state index in [1.165, 1.54) is 13.4 Å². The van der Waals surface area contributed by atoms with Gasteiger partial charge in [0.1, 0.15) is 12.2 Å². The minimum absolute atomic E-state index is 0.0986. The van der Waals surface area contributed by atoms with Gasteiger partial charge in [0.25, 0.3) is 5.56 Å². The molecule has 0 fully saturated rings. The molecule has 2 N–H and O–H groups in total. The van der Waals surface area contributed by atoms with Crippen molar-refractivity contribution in [3.63, 3.8) is 0 Å². The number of nitrogens with zero attached hydrogens (tertiary/aromatic N) is 7. The lowest BCUT2D eigenvalue weighted by molar-refractivity contribution is 0.187. The van der Waals surface area contributed by atoms with Crippen molar-refractivity contribution in [1.82, 2.24) is 39.7 Å². The molecular formula is C26H23N9O3. The van der Waals surface area contributed by atoms with Crippen LogP contribution in [0.3, 0.4) is 0 Å². The Bertz CT molecular complexity index is 1690. The molecule has 1 aliphatic rings. The van der Waals surface area contributed by atoms with Crippen LogP contribution in [0.4, 0.5) is 10.5 Å². The number of pyridine rings is 2. The fourth-order valence-corrected chi connectivity index (χ4v) is 4.79. The SMILES string of the molecule is COC(=O)Nc1ccc(-c2cnc([C@@H]3CCc4cc(-c5cc(C)ccc5-n5cnnn5)cc(=O)n43)[nH]2)nc1. The first kappa shape index (κ1) is 23.3. The highest BCUT2D eigenvalue weighted by Gasteiger charge is 2.28. The lowest BCUT2D eigenvalue weighted by Gasteiger charge is -2.15. The Hall–Kier alpha value is -5.13. The first-order valence-electron chi connectivity index (χ1n) is 12.0. The summed E-state index contributed by atoms with van der Waals surface area (Å²) in [5, 5.41) is 14.1. The summed E-state index contributed by atoms with van der Waals surface area (Å²) < 4.78 is 7.99. The first-order valence-corrected chi connectivity index (χ1v) is 12.0. The monoisotopic (exact) mass is 509 g/mol. The number of aromatic nitrogens is 8. The second kappa shape index (κ2) is 9.39. The molecule has 0 aliphatic carbocycles. The number of benzene rings is 1. The molecule has 0 bridgehead atoms. The van der Waals surface area contributed by atoms with Crippen LogP contribution in [-0.4, -0.2) is 52.9 Å². The molecule has 1 amide bonds. The number of H-pyrrole nitrogens is 1. The number of aryl methyl sites for hydroxylation is 2.